The SMILES string of the molecule is CC(CCCN)NC(=O)C1Cc2ccccc2O1. The van der Waals surface area contributed by atoms with E-state index in [0.717, 1.165) is 24.2 Å². The highest BCUT2D eigenvalue weighted by molar-refractivity contribution is 5.82. The third-order valence-corrected chi connectivity index (χ3v) is 3.17. The summed E-state index contributed by atoms with van der Waals surface area (Å²) in [6.45, 7) is 2.65. The molecule has 18 heavy (non-hydrogen) atoms. The molecule has 1 aliphatic rings. The molecule has 1 aliphatic heterocycles. The van der Waals surface area contributed by atoms with Crippen molar-refractivity contribution in [3.8, 4) is 5.75 Å². The van der Waals surface area contributed by atoms with Crippen LogP contribution in [0.15, 0.2) is 24.3 Å². The molecule has 4 nitrogen and oxygen atoms in total. The second kappa shape index (κ2) is 5.87. The van der Waals surface area contributed by atoms with Gasteiger partial charge in [0.2, 0.25) is 0 Å². The van der Waals surface area contributed by atoms with E-state index in [2.05, 4.69) is 5.32 Å². The number of benzene rings is 1. The summed E-state index contributed by atoms with van der Waals surface area (Å²) < 4.78 is 5.64. The molecule has 0 spiro atoms. The van der Waals surface area contributed by atoms with Gasteiger partial charge < -0.3 is 15.8 Å². The van der Waals surface area contributed by atoms with Crippen molar-refractivity contribution in [2.75, 3.05) is 6.54 Å². The molecule has 0 saturated carbocycles. The summed E-state index contributed by atoms with van der Waals surface area (Å²) in [4.78, 5) is 12.0. The summed E-state index contributed by atoms with van der Waals surface area (Å²) in [6.07, 6.45) is 2.10. The average Bonchev–Trinajstić information content (AvgIpc) is 2.80. The van der Waals surface area contributed by atoms with Gasteiger partial charge in [0.15, 0.2) is 6.10 Å². The second-order valence-corrected chi connectivity index (χ2v) is 4.76. The molecule has 1 heterocycles. The van der Waals surface area contributed by atoms with Crippen molar-refractivity contribution >= 4 is 5.91 Å². The van der Waals surface area contributed by atoms with Crippen LogP contribution in [0.1, 0.15) is 25.3 Å². The highest BCUT2D eigenvalue weighted by Crippen LogP contribution is 2.28. The maximum absolute atomic E-state index is 12.0. The van der Waals surface area contributed by atoms with E-state index in [9.17, 15) is 4.79 Å². The first-order chi connectivity index (χ1) is 8.70. The molecule has 98 valence electrons. The van der Waals surface area contributed by atoms with E-state index in [4.69, 9.17) is 10.5 Å². The van der Waals surface area contributed by atoms with Crippen LogP contribution < -0.4 is 15.8 Å². The maximum Gasteiger partial charge on any atom is 0.261 e. The van der Waals surface area contributed by atoms with Gasteiger partial charge in [-0.3, -0.25) is 4.79 Å². The molecule has 0 saturated heterocycles. The lowest BCUT2D eigenvalue weighted by molar-refractivity contribution is -0.127. The summed E-state index contributed by atoms with van der Waals surface area (Å²) in [5.41, 5.74) is 6.55. The third kappa shape index (κ3) is 3.01. The minimum atomic E-state index is -0.386. The van der Waals surface area contributed by atoms with Gasteiger partial charge in [0.05, 0.1) is 0 Å². The number of hydrogen-bond donors (Lipinski definition) is 2. The van der Waals surface area contributed by atoms with Gasteiger partial charge in [-0.15, -0.1) is 0 Å². The summed E-state index contributed by atoms with van der Waals surface area (Å²) in [7, 11) is 0. The van der Waals surface area contributed by atoms with Gasteiger partial charge in [-0.2, -0.15) is 0 Å². The number of ether oxygens (including phenoxy) is 1. The fourth-order valence-electron chi connectivity index (χ4n) is 2.16. The number of rotatable bonds is 5. The lowest BCUT2D eigenvalue weighted by Gasteiger charge is -2.16. The van der Waals surface area contributed by atoms with Crippen LogP contribution >= 0.6 is 0 Å². The molecule has 2 unspecified atom stereocenters. The second-order valence-electron chi connectivity index (χ2n) is 4.76. The fourth-order valence-corrected chi connectivity index (χ4v) is 2.16. The van der Waals surface area contributed by atoms with Crippen LogP contribution in [-0.2, 0) is 11.2 Å². The quantitative estimate of drug-likeness (QED) is 0.824. The minimum Gasteiger partial charge on any atom is -0.480 e. The highest BCUT2D eigenvalue weighted by Gasteiger charge is 2.29. The van der Waals surface area contributed by atoms with Gasteiger partial charge >= 0.3 is 0 Å². The van der Waals surface area contributed by atoms with Crippen molar-refractivity contribution < 1.29 is 9.53 Å². The van der Waals surface area contributed by atoms with E-state index in [0.29, 0.717) is 13.0 Å². The number of nitrogens with two attached hydrogens (primary N) is 1. The predicted octanol–water partition coefficient (Wildman–Crippen LogP) is 1.23. The molecule has 0 aromatic heterocycles. The van der Waals surface area contributed by atoms with Gasteiger partial charge in [0.1, 0.15) is 5.75 Å². The number of amides is 1. The van der Waals surface area contributed by atoms with E-state index < -0.39 is 0 Å². The summed E-state index contributed by atoms with van der Waals surface area (Å²) in [5.74, 6) is 0.794. The minimum absolute atomic E-state index is 0.0317. The van der Waals surface area contributed by atoms with Crippen LogP contribution in [0.25, 0.3) is 0 Å². The van der Waals surface area contributed by atoms with Crippen molar-refractivity contribution in [1.29, 1.82) is 0 Å². The van der Waals surface area contributed by atoms with E-state index in [1.165, 1.54) is 0 Å². The average molecular weight is 248 g/mol. The van der Waals surface area contributed by atoms with Crippen molar-refractivity contribution in [1.82, 2.24) is 5.32 Å². The van der Waals surface area contributed by atoms with Gasteiger partial charge in [-0.05, 0) is 37.9 Å². The van der Waals surface area contributed by atoms with Crippen molar-refractivity contribution in [2.45, 2.75) is 38.3 Å². The topological polar surface area (TPSA) is 64.3 Å². The molecule has 1 aromatic rings. The monoisotopic (exact) mass is 248 g/mol. The molecule has 2 atom stereocenters. The third-order valence-electron chi connectivity index (χ3n) is 3.17. The Labute approximate surface area is 108 Å². The van der Waals surface area contributed by atoms with Crippen LogP contribution in [0.4, 0.5) is 0 Å². The van der Waals surface area contributed by atoms with Crippen LogP contribution in [0, 0.1) is 0 Å². The highest BCUT2D eigenvalue weighted by atomic mass is 16.5. The number of para-hydroxylation sites is 1. The normalized spacial score (nSPS) is 18.9. The van der Waals surface area contributed by atoms with Gasteiger partial charge in [0.25, 0.3) is 5.91 Å². The number of nitrogens with one attached hydrogen (secondary N) is 1. The van der Waals surface area contributed by atoms with Gasteiger partial charge in [-0.1, -0.05) is 18.2 Å². The number of fused-ring (bicyclic) bond motifs is 1. The lowest BCUT2D eigenvalue weighted by Crippen LogP contribution is -2.42. The molecule has 0 aliphatic carbocycles. The molecular weight excluding hydrogens is 228 g/mol. The Morgan fingerprint density at radius 3 is 3.06 bits per heavy atom. The Bertz CT molecular complexity index is 395. The number of carbonyl (C=O) groups excluding carboxylic acids is 1. The number of hydrogen-bond acceptors (Lipinski definition) is 3. The van der Waals surface area contributed by atoms with Gasteiger partial charge in [-0.25, -0.2) is 0 Å². The van der Waals surface area contributed by atoms with E-state index >= 15 is 0 Å². The maximum atomic E-state index is 12.0. The molecule has 0 radical (unpaired) electrons. The van der Waals surface area contributed by atoms with Gasteiger partial charge in [0, 0.05) is 12.5 Å². The largest absolute Gasteiger partial charge is 0.480 e. The molecule has 4 heteroatoms. The van der Waals surface area contributed by atoms with Crippen LogP contribution in [0.5, 0.6) is 5.75 Å². The Kier molecular flexibility index (Phi) is 4.20. The Morgan fingerprint density at radius 1 is 1.56 bits per heavy atom. The molecule has 1 amide bonds. The molecule has 1 aromatic carbocycles. The number of carbonyl (C=O) groups is 1. The van der Waals surface area contributed by atoms with E-state index in [-0.39, 0.29) is 18.1 Å². The zero-order valence-corrected chi connectivity index (χ0v) is 10.7. The van der Waals surface area contributed by atoms with Crippen LogP contribution in [-0.4, -0.2) is 24.6 Å². The first-order valence-corrected chi connectivity index (χ1v) is 6.45. The summed E-state index contributed by atoms with van der Waals surface area (Å²) in [5, 5.41) is 2.97. The summed E-state index contributed by atoms with van der Waals surface area (Å²) in [6, 6.07) is 7.93. The first kappa shape index (κ1) is 12.9. The zero-order chi connectivity index (χ0) is 13.0. The van der Waals surface area contributed by atoms with Crippen molar-refractivity contribution in [2.24, 2.45) is 5.73 Å². The van der Waals surface area contributed by atoms with E-state index in [1.807, 2.05) is 31.2 Å². The molecular formula is C14H20N2O2. The standard InChI is InChI=1S/C14H20N2O2/c1-10(5-4-8-15)16-14(17)13-9-11-6-2-3-7-12(11)18-13/h2-3,6-7,10,13H,4-5,8-9,15H2,1H3,(H,16,17). The van der Waals surface area contributed by atoms with Crippen LogP contribution in [0.3, 0.4) is 0 Å². The Hall–Kier alpha value is -1.55. The van der Waals surface area contributed by atoms with E-state index in [1.54, 1.807) is 0 Å². The Morgan fingerprint density at radius 2 is 2.33 bits per heavy atom. The Balaban J connectivity index is 1.85. The fraction of sp³-hybridized carbons (Fsp3) is 0.500. The van der Waals surface area contributed by atoms with Crippen molar-refractivity contribution in [3.63, 3.8) is 0 Å². The van der Waals surface area contributed by atoms with Crippen molar-refractivity contribution in [3.05, 3.63) is 29.8 Å². The lowest BCUT2D eigenvalue weighted by atomic mass is 10.1. The molecule has 0 bridgehead atoms. The first-order valence-electron chi connectivity index (χ1n) is 6.45. The zero-order valence-electron chi connectivity index (χ0n) is 10.7. The molecule has 3 N–H and O–H groups in total. The molecule has 2 rings (SSSR count). The smallest absolute Gasteiger partial charge is 0.261 e. The van der Waals surface area contributed by atoms with Crippen LogP contribution in [0.2, 0.25) is 0 Å². The summed E-state index contributed by atoms with van der Waals surface area (Å²) >= 11 is 0. The predicted molar refractivity (Wildman–Crippen MR) is 70.5 cm³/mol. The molecule has 0 fully saturated rings.